The molecule has 0 unspecified atom stereocenters. The molecule has 96 valence electrons. The van der Waals surface area contributed by atoms with Gasteiger partial charge in [-0.05, 0) is 48.8 Å². The molecule has 0 aliphatic heterocycles. The Morgan fingerprint density at radius 2 is 2.18 bits per heavy atom. The molecule has 1 rings (SSSR count). The lowest BCUT2D eigenvalue weighted by molar-refractivity contribution is -0.140. The first-order chi connectivity index (χ1) is 7.90. The number of hydrogen-bond acceptors (Lipinski definition) is 3. The molecule has 3 nitrogen and oxygen atoms in total. The summed E-state index contributed by atoms with van der Waals surface area (Å²) in [6.07, 6.45) is 0. The SMILES string of the molecule is CCN(Cc1ccc(Br)s1)C(=O)C(C)(C)CN. The van der Waals surface area contributed by atoms with Gasteiger partial charge in [-0.15, -0.1) is 11.3 Å². The molecule has 0 saturated carbocycles. The monoisotopic (exact) mass is 318 g/mol. The highest BCUT2D eigenvalue weighted by Gasteiger charge is 2.30. The average Bonchev–Trinajstić information content (AvgIpc) is 2.70. The molecule has 0 spiro atoms. The summed E-state index contributed by atoms with van der Waals surface area (Å²) < 4.78 is 1.09. The summed E-state index contributed by atoms with van der Waals surface area (Å²) in [4.78, 5) is 15.3. The molecule has 17 heavy (non-hydrogen) atoms. The second kappa shape index (κ2) is 5.98. The van der Waals surface area contributed by atoms with E-state index >= 15 is 0 Å². The summed E-state index contributed by atoms with van der Waals surface area (Å²) in [6.45, 7) is 7.51. The second-order valence-corrected chi connectivity index (χ2v) is 7.16. The Balaban J connectivity index is 2.75. The van der Waals surface area contributed by atoms with E-state index in [1.807, 2.05) is 37.8 Å². The van der Waals surface area contributed by atoms with Crippen LogP contribution >= 0.6 is 27.3 Å². The number of amides is 1. The van der Waals surface area contributed by atoms with E-state index in [9.17, 15) is 4.79 Å². The first kappa shape index (κ1) is 14.7. The fourth-order valence-corrected chi connectivity index (χ4v) is 2.97. The number of halogens is 1. The van der Waals surface area contributed by atoms with Crippen molar-refractivity contribution in [2.75, 3.05) is 13.1 Å². The van der Waals surface area contributed by atoms with Crippen LogP contribution in [-0.4, -0.2) is 23.9 Å². The number of carbonyl (C=O) groups excluding carboxylic acids is 1. The lowest BCUT2D eigenvalue weighted by atomic mass is 9.92. The van der Waals surface area contributed by atoms with Gasteiger partial charge in [0, 0.05) is 18.0 Å². The van der Waals surface area contributed by atoms with Gasteiger partial charge in [-0.1, -0.05) is 0 Å². The molecule has 5 heteroatoms. The number of hydrogen-bond donors (Lipinski definition) is 1. The van der Waals surface area contributed by atoms with E-state index in [1.54, 1.807) is 11.3 Å². The summed E-state index contributed by atoms with van der Waals surface area (Å²) in [6, 6.07) is 4.05. The maximum absolute atomic E-state index is 12.3. The molecular weight excluding hydrogens is 300 g/mol. The predicted octanol–water partition coefficient (Wildman–Crippen LogP) is 2.84. The minimum absolute atomic E-state index is 0.118. The van der Waals surface area contributed by atoms with E-state index in [0.717, 1.165) is 3.79 Å². The van der Waals surface area contributed by atoms with Crippen molar-refractivity contribution in [3.05, 3.63) is 20.8 Å². The van der Waals surface area contributed by atoms with Crippen LogP contribution in [0.15, 0.2) is 15.9 Å². The summed E-state index contributed by atoms with van der Waals surface area (Å²) >= 11 is 5.09. The minimum Gasteiger partial charge on any atom is -0.337 e. The summed E-state index contributed by atoms with van der Waals surface area (Å²) in [5.41, 5.74) is 5.16. The van der Waals surface area contributed by atoms with Crippen LogP contribution in [0.3, 0.4) is 0 Å². The third-order valence-electron chi connectivity index (χ3n) is 2.73. The standard InChI is InChI=1S/C12H19BrN2OS/c1-4-15(11(16)12(2,3)8-14)7-9-5-6-10(13)17-9/h5-6H,4,7-8,14H2,1-3H3. The van der Waals surface area contributed by atoms with Gasteiger partial charge in [-0.25, -0.2) is 0 Å². The predicted molar refractivity (Wildman–Crippen MR) is 75.9 cm³/mol. The zero-order valence-corrected chi connectivity index (χ0v) is 12.9. The van der Waals surface area contributed by atoms with Gasteiger partial charge in [0.05, 0.1) is 15.7 Å². The van der Waals surface area contributed by atoms with Crippen LogP contribution in [0.2, 0.25) is 0 Å². The van der Waals surface area contributed by atoms with Gasteiger partial charge in [0.2, 0.25) is 5.91 Å². The van der Waals surface area contributed by atoms with Crippen molar-refractivity contribution in [3.8, 4) is 0 Å². The lowest BCUT2D eigenvalue weighted by Crippen LogP contribution is -2.44. The number of carbonyl (C=O) groups is 1. The van der Waals surface area contributed by atoms with Crippen LogP contribution in [-0.2, 0) is 11.3 Å². The van der Waals surface area contributed by atoms with Crippen LogP contribution in [0, 0.1) is 5.41 Å². The van der Waals surface area contributed by atoms with Crippen molar-refractivity contribution in [2.24, 2.45) is 11.1 Å². The fourth-order valence-electron chi connectivity index (χ4n) is 1.47. The maximum atomic E-state index is 12.3. The topological polar surface area (TPSA) is 46.3 Å². The van der Waals surface area contributed by atoms with Gasteiger partial charge in [-0.2, -0.15) is 0 Å². The molecule has 0 aliphatic rings. The number of rotatable bonds is 5. The van der Waals surface area contributed by atoms with E-state index in [4.69, 9.17) is 5.73 Å². The van der Waals surface area contributed by atoms with Crippen LogP contribution in [0.5, 0.6) is 0 Å². The number of nitrogens with zero attached hydrogens (tertiary/aromatic N) is 1. The molecule has 1 heterocycles. The molecule has 0 saturated heterocycles. The van der Waals surface area contributed by atoms with Crippen LogP contribution in [0.4, 0.5) is 0 Å². The van der Waals surface area contributed by atoms with Crippen molar-refractivity contribution < 1.29 is 4.79 Å². The van der Waals surface area contributed by atoms with Crippen LogP contribution < -0.4 is 5.73 Å². The van der Waals surface area contributed by atoms with Gasteiger partial charge in [0.25, 0.3) is 0 Å². The Morgan fingerprint density at radius 3 is 2.59 bits per heavy atom. The molecule has 0 fully saturated rings. The molecule has 2 N–H and O–H groups in total. The summed E-state index contributed by atoms with van der Waals surface area (Å²) in [5.74, 6) is 0.118. The van der Waals surface area contributed by atoms with E-state index in [0.29, 0.717) is 19.6 Å². The van der Waals surface area contributed by atoms with Gasteiger partial charge in [-0.3, -0.25) is 4.79 Å². The van der Waals surface area contributed by atoms with Crippen molar-refractivity contribution in [1.82, 2.24) is 4.90 Å². The zero-order valence-electron chi connectivity index (χ0n) is 10.5. The first-order valence-corrected chi connectivity index (χ1v) is 7.25. The Labute approximate surface area is 115 Å². The van der Waals surface area contributed by atoms with Crippen molar-refractivity contribution in [3.63, 3.8) is 0 Å². The van der Waals surface area contributed by atoms with Crippen molar-refractivity contribution >= 4 is 33.2 Å². The molecule has 1 aromatic heterocycles. The summed E-state index contributed by atoms with van der Waals surface area (Å²) in [5, 5.41) is 0. The second-order valence-electron chi connectivity index (χ2n) is 4.61. The smallest absolute Gasteiger partial charge is 0.229 e. The normalized spacial score (nSPS) is 11.6. The molecule has 0 bridgehead atoms. The largest absolute Gasteiger partial charge is 0.337 e. The Bertz CT molecular complexity index is 390. The Morgan fingerprint density at radius 1 is 1.53 bits per heavy atom. The van der Waals surface area contributed by atoms with E-state index in [2.05, 4.69) is 15.9 Å². The highest BCUT2D eigenvalue weighted by atomic mass is 79.9. The van der Waals surface area contributed by atoms with Crippen molar-refractivity contribution in [2.45, 2.75) is 27.3 Å². The molecular formula is C12H19BrN2OS. The molecule has 1 aromatic rings. The quantitative estimate of drug-likeness (QED) is 0.907. The summed E-state index contributed by atoms with van der Waals surface area (Å²) in [7, 11) is 0. The van der Waals surface area contributed by atoms with E-state index in [1.165, 1.54) is 4.88 Å². The van der Waals surface area contributed by atoms with Gasteiger partial charge < -0.3 is 10.6 Å². The van der Waals surface area contributed by atoms with Crippen LogP contribution in [0.25, 0.3) is 0 Å². The van der Waals surface area contributed by atoms with E-state index in [-0.39, 0.29) is 5.91 Å². The van der Waals surface area contributed by atoms with Gasteiger partial charge in [0.15, 0.2) is 0 Å². The Kier molecular flexibility index (Phi) is 5.16. The zero-order chi connectivity index (χ0) is 13.1. The highest BCUT2D eigenvalue weighted by molar-refractivity contribution is 9.11. The van der Waals surface area contributed by atoms with Crippen molar-refractivity contribution in [1.29, 1.82) is 0 Å². The highest BCUT2D eigenvalue weighted by Crippen LogP contribution is 2.25. The average molecular weight is 319 g/mol. The first-order valence-electron chi connectivity index (χ1n) is 5.64. The molecule has 0 atom stereocenters. The third-order valence-corrected chi connectivity index (χ3v) is 4.34. The van der Waals surface area contributed by atoms with E-state index < -0.39 is 5.41 Å². The molecule has 0 aromatic carbocycles. The van der Waals surface area contributed by atoms with Gasteiger partial charge >= 0.3 is 0 Å². The van der Waals surface area contributed by atoms with Gasteiger partial charge in [0.1, 0.15) is 0 Å². The molecule has 0 aliphatic carbocycles. The Hall–Kier alpha value is -0.390. The third kappa shape index (κ3) is 3.79. The molecule has 1 amide bonds. The fraction of sp³-hybridized carbons (Fsp3) is 0.583. The maximum Gasteiger partial charge on any atom is 0.229 e. The number of thiophene rings is 1. The lowest BCUT2D eigenvalue weighted by Gasteiger charge is -2.30. The minimum atomic E-state index is -0.482. The number of nitrogens with two attached hydrogens (primary N) is 1. The molecule has 0 radical (unpaired) electrons. The van der Waals surface area contributed by atoms with Crippen LogP contribution in [0.1, 0.15) is 25.6 Å².